The Labute approximate surface area is 95.0 Å². The number of hydrogen-bond acceptors (Lipinski definition) is 2. The first kappa shape index (κ1) is 12.7. The minimum absolute atomic E-state index is 0.0618. The van der Waals surface area contributed by atoms with Crippen molar-refractivity contribution in [3.05, 3.63) is 12.2 Å². The summed E-state index contributed by atoms with van der Waals surface area (Å²) in [5.74, 6) is -1.85. The predicted molar refractivity (Wildman–Crippen MR) is 59.1 cm³/mol. The van der Waals surface area contributed by atoms with E-state index in [0.29, 0.717) is 12.8 Å². The highest BCUT2D eigenvalue weighted by Crippen LogP contribution is 2.29. The summed E-state index contributed by atoms with van der Waals surface area (Å²) < 4.78 is 0. The molecule has 0 radical (unpaired) electrons. The second-order valence-corrected chi connectivity index (χ2v) is 4.28. The first-order valence-electron chi connectivity index (χ1n) is 5.71. The van der Waals surface area contributed by atoms with Crippen molar-refractivity contribution in [2.75, 3.05) is 0 Å². The van der Waals surface area contributed by atoms with Gasteiger partial charge in [-0.05, 0) is 38.0 Å². The molecular weight excluding hydrogens is 208 g/mol. The molecule has 0 aromatic rings. The second-order valence-electron chi connectivity index (χ2n) is 4.28. The number of carboxylic acids is 2. The lowest BCUT2D eigenvalue weighted by Gasteiger charge is -2.24. The Balaban J connectivity index is 2.43. The number of rotatable bonds is 6. The topological polar surface area (TPSA) is 74.6 Å². The number of carbonyl (C=O) groups is 2. The van der Waals surface area contributed by atoms with Crippen LogP contribution in [0.15, 0.2) is 12.2 Å². The molecule has 1 aliphatic rings. The van der Waals surface area contributed by atoms with Gasteiger partial charge in [0.1, 0.15) is 0 Å². The van der Waals surface area contributed by atoms with E-state index in [1.54, 1.807) is 0 Å². The van der Waals surface area contributed by atoms with Crippen molar-refractivity contribution >= 4 is 11.9 Å². The van der Waals surface area contributed by atoms with Gasteiger partial charge in [0.25, 0.3) is 0 Å². The van der Waals surface area contributed by atoms with Crippen molar-refractivity contribution in [1.29, 1.82) is 0 Å². The van der Waals surface area contributed by atoms with Crippen molar-refractivity contribution in [3.8, 4) is 0 Å². The molecule has 2 unspecified atom stereocenters. The molecule has 4 nitrogen and oxygen atoms in total. The summed E-state index contributed by atoms with van der Waals surface area (Å²) in [4.78, 5) is 21.5. The van der Waals surface area contributed by atoms with E-state index in [9.17, 15) is 9.59 Å². The molecule has 0 aromatic carbocycles. The Morgan fingerprint density at radius 1 is 1.31 bits per heavy atom. The molecule has 0 bridgehead atoms. The molecule has 4 heteroatoms. The lowest BCUT2D eigenvalue weighted by atomic mass is 9.80. The van der Waals surface area contributed by atoms with E-state index in [2.05, 4.69) is 6.08 Å². The molecule has 16 heavy (non-hydrogen) atoms. The van der Waals surface area contributed by atoms with Gasteiger partial charge in [-0.25, -0.2) is 0 Å². The van der Waals surface area contributed by atoms with Gasteiger partial charge in [-0.2, -0.15) is 0 Å². The third-order valence-electron chi connectivity index (χ3n) is 3.10. The number of carboxylic acid groups (broad SMARTS) is 2. The number of hydrogen-bond donors (Lipinski definition) is 2. The summed E-state index contributed by atoms with van der Waals surface area (Å²) in [6, 6.07) is 0. The van der Waals surface area contributed by atoms with Gasteiger partial charge in [0.2, 0.25) is 0 Å². The fourth-order valence-corrected chi connectivity index (χ4v) is 2.22. The summed E-state index contributed by atoms with van der Waals surface area (Å²) in [5.41, 5.74) is 0. The lowest BCUT2D eigenvalue weighted by molar-refractivity contribution is -0.145. The molecule has 90 valence electrons. The zero-order valence-corrected chi connectivity index (χ0v) is 9.26. The number of allylic oxidation sites excluding steroid dienone is 2. The zero-order chi connectivity index (χ0) is 12.0. The predicted octanol–water partition coefficient (Wildman–Crippen LogP) is 2.30. The first-order valence-corrected chi connectivity index (χ1v) is 5.71. The minimum atomic E-state index is -0.854. The Kier molecular flexibility index (Phi) is 5.02. The summed E-state index contributed by atoms with van der Waals surface area (Å²) >= 11 is 0. The molecule has 0 amide bonds. The zero-order valence-electron chi connectivity index (χ0n) is 9.26. The summed E-state index contributed by atoms with van der Waals surface area (Å²) in [5, 5.41) is 17.6. The largest absolute Gasteiger partial charge is 0.481 e. The van der Waals surface area contributed by atoms with Gasteiger partial charge in [0.05, 0.1) is 5.92 Å². The molecule has 0 saturated heterocycles. The normalized spacial score (nSPS) is 21.6. The first-order chi connectivity index (χ1) is 7.61. The molecule has 0 fully saturated rings. The average Bonchev–Trinajstić information content (AvgIpc) is 2.25. The molecule has 0 spiro atoms. The van der Waals surface area contributed by atoms with E-state index >= 15 is 0 Å². The van der Waals surface area contributed by atoms with E-state index in [0.717, 1.165) is 19.3 Å². The minimum Gasteiger partial charge on any atom is -0.481 e. The molecule has 2 atom stereocenters. The van der Waals surface area contributed by atoms with Gasteiger partial charge in [-0.15, -0.1) is 0 Å². The van der Waals surface area contributed by atoms with Crippen LogP contribution in [-0.2, 0) is 9.59 Å². The second kappa shape index (κ2) is 6.30. The van der Waals surface area contributed by atoms with Crippen LogP contribution in [0.1, 0.15) is 38.5 Å². The molecular formula is C12H18O4. The smallest absolute Gasteiger partial charge is 0.306 e. The van der Waals surface area contributed by atoms with E-state index < -0.39 is 11.9 Å². The molecule has 0 aromatic heterocycles. The van der Waals surface area contributed by atoms with Crippen molar-refractivity contribution in [2.45, 2.75) is 38.5 Å². The number of aliphatic carboxylic acids is 2. The molecule has 0 heterocycles. The summed E-state index contributed by atoms with van der Waals surface area (Å²) in [6.07, 6.45) is 7.74. The third-order valence-corrected chi connectivity index (χ3v) is 3.10. The highest BCUT2D eigenvalue weighted by atomic mass is 16.4. The van der Waals surface area contributed by atoms with Crippen LogP contribution in [0, 0.1) is 11.8 Å². The van der Waals surface area contributed by atoms with Gasteiger partial charge in [-0.1, -0.05) is 12.2 Å². The summed E-state index contributed by atoms with van der Waals surface area (Å²) in [7, 11) is 0. The van der Waals surface area contributed by atoms with E-state index in [4.69, 9.17) is 10.2 Å². The van der Waals surface area contributed by atoms with Crippen LogP contribution in [-0.4, -0.2) is 22.2 Å². The highest BCUT2D eigenvalue weighted by molar-refractivity contribution is 5.70. The lowest BCUT2D eigenvalue weighted by Crippen LogP contribution is -2.24. The Hall–Kier alpha value is -1.32. The van der Waals surface area contributed by atoms with Gasteiger partial charge < -0.3 is 10.2 Å². The van der Waals surface area contributed by atoms with Crippen molar-refractivity contribution < 1.29 is 19.8 Å². The quantitative estimate of drug-likeness (QED) is 0.681. The highest BCUT2D eigenvalue weighted by Gasteiger charge is 2.27. The Bertz CT molecular complexity index is 283. The molecule has 1 aliphatic carbocycles. The maximum atomic E-state index is 11.1. The Morgan fingerprint density at radius 2 is 2.06 bits per heavy atom. The monoisotopic (exact) mass is 226 g/mol. The van der Waals surface area contributed by atoms with Crippen LogP contribution in [0.25, 0.3) is 0 Å². The molecule has 2 N–H and O–H groups in total. The van der Waals surface area contributed by atoms with E-state index in [-0.39, 0.29) is 18.3 Å². The van der Waals surface area contributed by atoms with Crippen molar-refractivity contribution in [1.82, 2.24) is 0 Å². The SMILES string of the molecule is O=C(O)CCCC(C(=O)O)C1CC=CCC1. The Morgan fingerprint density at radius 3 is 2.56 bits per heavy atom. The fraction of sp³-hybridized carbons (Fsp3) is 0.667. The van der Waals surface area contributed by atoms with Crippen LogP contribution >= 0.6 is 0 Å². The van der Waals surface area contributed by atoms with Gasteiger partial charge in [0, 0.05) is 6.42 Å². The fourth-order valence-electron chi connectivity index (χ4n) is 2.22. The maximum Gasteiger partial charge on any atom is 0.306 e. The van der Waals surface area contributed by atoms with Gasteiger partial charge in [-0.3, -0.25) is 9.59 Å². The van der Waals surface area contributed by atoms with Crippen molar-refractivity contribution in [2.24, 2.45) is 11.8 Å². The van der Waals surface area contributed by atoms with Crippen molar-refractivity contribution in [3.63, 3.8) is 0 Å². The summed E-state index contributed by atoms with van der Waals surface area (Å²) in [6.45, 7) is 0. The van der Waals surface area contributed by atoms with Crippen LogP contribution in [0.3, 0.4) is 0 Å². The third kappa shape index (κ3) is 4.04. The van der Waals surface area contributed by atoms with E-state index in [1.165, 1.54) is 0 Å². The van der Waals surface area contributed by atoms with Crippen LogP contribution < -0.4 is 0 Å². The van der Waals surface area contributed by atoms with Gasteiger partial charge >= 0.3 is 11.9 Å². The van der Waals surface area contributed by atoms with Crippen LogP contribution in [0.5, 0.6) is 0 Å². The molecule has 1 rings (SSSR count). The molecule has 0 saturated carbocycles. The standard InChI is InChI=1S/C12H18O4/c13-11(14)8-4-7-10(12(15)16)9-5-2-1-3-6-9/h1-2,9-10H,3-8H2,(H,13,14)(H,15,16). The van der Waals surface area contributed by atoms with Gasteiger partial charge in [0.15, 0.2) is 0 Å². The van der Waals surface area contributed by atoms with Crippen LogP contribution in [0.4, 0.5) is 0 Å². The average molecular weight is 226 g/mol. The van der Waals surface area contributed by atoms with E-state index in [1.807, 2.05) is 6.08 Å². The maximum absolute atomic E-state index is 11.1. The van der Waals surface area contributed by atoms with Crippen LogP contribution in [0.2, 0.25) is 0 Å². The molecule has 0 aliphatic heterocycles.